The van der Waals surface area contributed by atoms with Gasteiger partial charge >= 0.3 is 0 Å². The van der Waals surface area contributed by atoms with Crippen LogP contribution in [0.4, 0.5) is 11.5 Å². The summed E-state index contributed by atoms with van der Waals surface area (Å²) in [5, 5.41) is 13.9. The fraction of sp³-hybridized carbons (Fsp3) is 0. The lowest BCUT2D eigenvalue weighted by atomic mass is 10.1. The van der Waals surface area contributed by atoms with Crippen LogP contribution in [-0.2, 0) is 0 Å². The molecule has 21 heavy (non-hydrogen) atoms. The van der Waals surface area contributed by atoms with Crippen LogP contribution in [0.1, 0.15) is 5.56 Å². The molecule has 5 heteroatoms. The highest BCUT2D eigenvalue weighted by molar-refractivity contribution is 9.10. The van der Waals surface area contributed by atoms with E-state index >= 15 is 0 Å². The second-order valence-corrected chi connectivity index (χ2v) is 5.76. The number of halogens is 2. The van der Waals surface area contributed by atoms with Crippen LogP contribution in [0.2, 0.25) is 5.02 Å². The van der Waals surface area contributed by atoms with E-state index in [2.05, 4.69) is 32.3 Å². The van der Waals surface area contributed by atoms with Gasteiger partial charge in [0, 0.05) is 9.86 Å². The number of benzene rings is 2. The number of para-hydroxylation sites is 1. The van der Waals surface area contributed by atoms with Crippen molar-refractivity contribution in [1.29, 1.82) is 5.26 Å². The summed E-state index contributed by atoms with van der Waals surface area (Å²) in [5.74, 6) is 0.496. The fourth-order valence-corrected chi connectivity index (χ4v) is 2.54. The van der Waals surface area contributed by atoms with E-state index in [-0.39, 0.29) is 0 Å². The summed E-state index contributed by atoms with van der Waals surface area (Å²) < 4.78 is 0.897. The molecule has 0 atom stereocenters. The van der Waals surface area contributed by atoms with Crippen molar-refractivity contribution in [3.63, 3.8) is 0 Å². The molecule has 102 valence electrons. The number of fused-ring (bicyclic) bond motifs is 1. The van der Waals surface area contributed by atoms with E-state index < -0.39 is 0 Å². The second kappa shape index (κ2) is 5.72. The largest absolute Gasteiger partial charge is 0.338 e. The number of pyridine rings is 1. The lowest BCUT2D eigenvalue weighted by Gasteiger charge is -2.10. The van der Waals surface area contributed by atoms with E-state index in [9.17, 15) is 5.26 Å². The summed E-state index contributed by atoms with van der Waals surface area (Å²) >= 11 is 9.57. The molecule has 0 saturated heterocycles. The maximum Gasteiger partial charge on any atom is 0.149 e. The molecule has 0 aliphatic carbocycles. The molecule has 3 aromatic rings. The Morgan fingerprint density at radius 2 is 1.95 bits per heavy atom. The standard InChI is InChI=1S/C16H9BrClN3/c17-12-5-6-13(18)15(8-12)21-16-11(9-19)7-10-3-1-2-4-14(10)20-16/h1-8H,(H,20,21). The molecular formula is C16H9BrClN3. The minimum absolute atomic E-state index is 0.477. The average molecular weight is 359 g/mol. The van der Waals surface area contributed by atoms with Crippen LogP contribution in [0, 0.1) is 11.3 Å². The van der Waals surface area contributed by atoms with E-state index in [1.165, 1.54) is 0 Å². The highest BCUT2D eigenvalue weighted by Crippen LogP contribution is 2.30. The van der Waals surface area contributed by atoms with Crippen LogP contribution < -0.4 is 5.32 Å². The first-order valence-electron chi connectivity index (χ1n) is 6.19. The molecule has 3 nitrogen and oxygen atoms in total. The molecule has 1 heterocycles. The highest BCUT2D eigenvalue weighted by atomic mass is 79.9. The zero-order chi connectivity index (χ0) is 14.8. The van der Waals surface area contributed by atoms with Crippen molar-refractivity contribution in [3.05, 3.63) is 63.6 Å². The number of rotatable bonds is 2. The number of hydrogen-bond donors (Lipinski definition) is 1. The van der Waals surface area contributed by atoms with Crippen LogP contribution in [0.25, 0.3) is 10.9 Å². The molecule has 0 spiro atoms. The molecule has 0 unspecified atom stereocenters. The highest BCUT2D eigenvalue weighted by Gasteiger charge is 2.09. The normalized spacial score (nSPS) is 10.3. The summed E-state index contributed by atoms with van der Waals surface area (Å²) in [5.41, 5.74) is 2.00. The Bertz CT molecular complexity index is 871. The SMILES string of the molecule is N#Cc1cc2ccccc2nc1Nc1cc(Br)ccc1Cl. The minimum atomic E-state index is 0.477. The number of nitrogens with one attached hydrogen (secondary N) is 1. The van der Waals surface area contributed by atoms with Gasteiger partial charge < -0.3 is 5.32 Å². The summed E-state index contributed by atoms with van der Waals surface area (Å²) in [7, 11) is 0. The average Bonchev–Trinajstić information content (AvgIpc) is 2.50. The maximum atomic E-state index is 9.31. The predicted octanol–water partition coefficient (Wildman–Crippen LogP) is 5.27. The lowest BCUT2D eigenvalue weighted by Crippen LogP contribution is -1.98. The van der Waals surface area contributed by atoms with Gasteiger partial charge in [0.25, 0.3) is 0 Å². The molecule has 1 aromatic heterocycles. The van der Waals surface area contributed by atoms with Gasteiger partial charge in [-0.2, -0.15) is 5.26 Å². The van der Waals surface area contributed by atoms with Crippen LogP contribution in [0.5, 0.6) is 0 Å². The topological polar surface area (TPSA) is 48.7 Å². The van der Waals surface area contributed by atoms with E-state index in [4.69, 9.17) is 11.6 Å². The Labute approximate surface area is 135 Å². The number of nitriles is 1. The van der Waals surface area contributed by atoms with Crippen molar-refractivity contribution < 1.29 is 0 Å². The Morgan fingerprint density at radius 3 is 2.76 bits per heavy atom. The van der Waals surface area contributed by atoms with Gasteiger partial charge in [-0.15, -0.1) is 0 Å². The van der Waals surface area contributed by atoms with Gasteiger partial charge in [0.2, 0.25) is 0 Å². The van der Waals surface area contributed by atoms with E-state index in [1.54, 1.807) is 6.07 Å². The molecule has 0 aliphatic rings. The van der Waals surface area contributed by atoms with Gasteiger partial charge in [-0.05, 0) is 30.3 Å². The molecule has 0 aliphatic heterocycles. The molecule has 3 rings (SSSR count). The number of hydrogen-bond acceptors (Lipinski definition) is 3. The Balaban J connectivity index is 2.11. The molecule has 0 bridgehead atoms. The van der Waals surface area contributed by atoms with Crippen molar-refractivity contribution in [1.82, 2.24) is 4.98 Å². The third-order valence-electron chi connectivity index (χ3n) is 3.03. The maximum absolute atomic E-state index is 9.31. The zero-order valence-corrected chi connectivity index (χ0v) is 13.1. The summed E-state index contributed by atoms with van der Waals surface area (Å²) in [6.07, 6.45) is 0. The third-order valence-corrected chi connectivity index (χ3v) is 3.85. The van der Waals surface area contributed by atoms with Crippen molar-refractivity contribution in [2.24, 2.45) is 0 Å². The van der Waals surface area contributed by atoms with Crippen LogP contribution >= 0.6 is 27.5 Å². The van der Waals surface area contributed by atoms with Crippen molar-refractivity contribution >= 4 is 49.9 Å². The number of nitrogens with zero attached hydrogens (tertiary/aromatic N) is 2. The van der Waals surface area contributed by atoms with E-state index in [0.29, 0.717) is 22.1 Å². The predicted molar refractivity (Wildman–Crippen MR) is 88.9 cm³/mol. The smallest absolute Gasteiger partial charge is 0.149 e. The number of anilines is 2. The molecule has 1 N–H and O–H groups in total. The molecule has 0 saturated carbocycles. The zero-order valence-electron chi connectivity index (χ0n) is 10.8. The first-order valence-corrected chi connectivity index (χ1v) is 7.36. The van der Waals surface area contributed by atoms with E-state index in [1.807, 2.05) is 42.5 Å². The van der Waals surface area contributed by atoms with Crippen LogP contribution in [0.3, 0.4) is 0 Å². The van der Waals surface area contributed by atoms with E-state index in [0.717, 1.165) is 15.4 Å². The molecule has 2 aromatic carbocycles. The first kappa shape index (κ1) is 13.9. The Kier molecular flexibility index (Phi) is 3.78. The van der Waals surface area contributed by atoms with Gasteiger partial charge in [0.15, 0.2) is 0 Å². The minimum Gasteiger partial charge on any atom is -0.338 e. The monoisotopic (exact) mass is 357 g/mol. The number of aromatic nitrogens is 1. The molecule has 0 amide bonds. The van der Waals surface area contributed by atoms with Crippen LogP contribution in [0.15, 0.2) is 53.0 Å². The van der Waals surface area contributed by atoms with Crippen LogP contribution in [-0.4, -0.2) is 4.98 Å². The van der Waals surface area contributed by atoms with Gasteiger partial charge in [-0.3, -0.25) is 0 Å². The summed E-state index contributed by atoms with van der Waals surface area (Å²) in [4.78, 5) is 4.50. The molecule has 0 fully saturated rings. The molecule has 0 radical (unpaired) electrons. The van der Waals surface area contributed by atoms with Crippen molar-refractivity contribution in [2.75, 3.05) is 5.32 Å². The van der Waals surface area contributed by atoms with Gasteiger partial charge in [-0.25, -0.2) is 4.98 Å². The van der Waals surface area contributed by atoms with Crippen molar-refractivity contribution in [3.8, 4) is 6.07 Å². The summed E-state index contributed by atoms with van der Waals surface area (Å²) in [6, 6.07) is 17.1. The Hall–Kier alpha value is -2.09. The second-order valence-electron chi connectivity index (χ2n) is 4.44. The third kappa shape index (κ3) is 2.85. The molecular weight excluding hydrogens is 350 g/mol. The quantitative estimate of drug-likeness (QED) is 0.679. The fourth-order valence-electron chi connectivity index (χ4n) is 2.02. The van der Waals surface area contributed by atoms with Crippen molar-refractivity contribution in [2.45, 2.75) is 0 Å². The van der Waals surface area contributed by atoms with Gasteiger partial charge in [0.1, 0.15) is 11.9 Å². The first-order chi connectivity index (χ1) is 10.2. The van der Waals surface area contributed by atoms with Gasteiger partial charge in [-0.1, -0.05) is 45.7 Å². The lowest BCUT2D eigenvalue weighted by molar-refractivity contribution is 1.34. The summed E-state index contributed by atoms with van der Waals surface area (Å²) in [6.45, 7) is 0. The Morgan fingerprint density at radius 1 is 1.14 bits per heavy atom. The van der Waals surface area contributed by atoms with Gasteiger partial charge in [0.05, 0.1) is 21.8 Å².